The molecule has 1 aliphatic heterocycles. The number of carbonyl (C=O) groups excluding carboxylic acids is 1. The van der Waals surface area contributed by atoms with Crippen molar-refractivity contribution in [1.82, 2.24) is 19.8 Å². The van der Waals surface area contributed by atoms with Gasteiger partial charge < -0.3 is 14.7 Å². The maximum atomic E-state index is 12.7. The van der Waals surface area contributed by atoms with Crippen LogP contribution in [0.3, 0.4) is 0 Å². The summed E-state index contributed by atoms with van der Waals surface area (Å²) in [5.41, 5.74) is 1.68. The molecule has 132 valence electrons. The van der Waals surface area contributed by atoms with E-state index in [1.54, 1.807) is 23.4 Å². The Morgan fingerprint density at radius 3 is 2.64 bits per heavy atom. The third-order valence-electron chi connectivity index (χ3n) is 4.60. The van der Waals surface area contributed by atoms with Gasteiger partial charge in [-0.2, -0.15) is 0 Å². The Morgan fingerprint density at radius 2 is 1.92 bits per heavy atom. The van der Waals surface area contributed by atoms with Gasteiger partial charge >= 0.3 is 0 Å². The first kappa shape index (κ1) is 17.4. The molecular formula is C19H25N5O. The summed E-state index contributed by atoms with van der Waals surface area (Å²) < 4.78 is 0. The number of anilines is 1. The molecule has 0 atom stereocenters. The van der Waals surface area contributed by atoms with Crippen LogP contribution in [0, 0.1) is 0 Å². The first-order valence-corrected chi connectivity index (χ1v) is 8.68. The van der Waals surface area contributed by atoms with Crippen LogP contribution in [0.4, 0.5) is 5.82 Å². The van der Waals surface area contributed by atoms with Crippen LogP contribution in [-0.2, 0) is 6.42 Å². The zero-order valence-corrected chi connectivity index (χ0v) is 14.9. The molecule has 0 aliphatic carbocycles. The van der Waals surface area contributed by atoms with Gasteiger partial charge in [0.2, 0.25) is 0 Å². The maximum Gasteiger partial charge on any atom is 0.253 e. The molecule has 0 radical (unpaired) electrons. The number of amides is 1. The Hall–Kier alpha value is -2.47. The Kier molecular flexibility index (Phi) is 5.60. The number of aromatic nitrogens is 2. The van der Waals surface area contributed by atoms with Gasteiger partial charge in [0.05, 0.1) is 0 Å². The summed E-state index contributed by atoms with van der Waals surface area (Å²) in [6.45, 7) is 4.56. The van der Waals surface area contributed by atoms with Crippen molar-refractivity contribution in [3.8, 4) is 0 Å². The van der Waals surface area contributed by atoms with Gasteiger partial charge in [0.1, 0.15) is 5.82 Å². The minimum atomic E-state index is 0.0220. The van der Waals surface area contributed by atoms with Gasteiger partial charge in [-0.25, -0.2) is 4.98 Å². The summed E-state index contributed by atoms with van der Waals surface area (Å²) in [5.74, 6) is 0.908. The molecule has 1 amide bonds. The highest BCUT2D eigenvalue weighted by Gasteiger charge is 2.18. The molecule has 0 saturated carbocycles. The lowest BCUT2D eigenvalue weighted by Crippen LogP contribution is -2.44. The van der Waals surface area contributed by atoms with E-state index in [0.717, 1.165) is 44.1 Å². The van der Waals surface area contributed by atoms with Crippen molar-refractivity contribution in [3.05, 3.63) is 54.0 Å². The van der Waals surface area contributed by atoms with Crippen LogP contribution >= 0.6 is 0 Å². The summed E-state index contributed by atoms with van der Waals surface area (Å²) in [4.78, 5) is 27.8. The topological polar surface area (TPSA) is 52.6 Å². The van der Waals surface area contributed by atoms with E-state index in [2.05, 4.69) is 26.8 Å². The van der Waals surface area contributed by atoms with Gasteiger partial charge in [-0.3, -0.25) is 9.78 Å². The van der Waals surface area contributed by atoms with E-state index < -0.39 is 0 Å². The molecule has 1 aliphatic rings. The Bertz CT molecular complexity index is 698. The van der Waals surface area contributed by atoms with E-state index in [1.807, 2.05) is 31.3 Å². The van der Waals surface area contributed by atoms with Crippen LogP contribution in [-0.4, -0.2) is 72.5 Å². The summed E-state index contributed by atoms with van der Waals surface area (Å²) >= 11 is 0. The number of piperazine rings is 1. The Balaban J connectivity index is 1.62. The van der Waals surface area contributed by atoms with Crippen LogP contribution in [0.2, 0.25) is 0 Å². The monoisotopic (exact) mass is 339 g/mol. The normalized spacial score (nSPS) is 15.2. The zero-order chi connectivity index (χ0) is 17.6. The van der Waals surface area contributed by atoms with E-state index in [0.29, 0.717) is 12.1 Å². The first-order chi connectivity index (χ1) is 12.1. The predicted molar refractivity (Wildman–Crippen MR) is 98.8 cm³/mol. The van der Waals surface area contributed by atoms with Crippen LogP contribution in [0.1, 0.15) is 16.1 Å². The van der Waals surface area contributed by atoms with E-state index in [1.165, 1.54) is 0 Å². The highest BCUT2D eigenvalue weighted by molar-refractivity contribution is 5.94. The second-order valence-corrected chi connectivity index (χ2v) is 6.49. The summed E-state index contributed by atoms with van der Waals surface area (Å²) in [7, 11) is 3.96. The number of pyridine rings is 2. The van der Waals surface area contributed by atoms with Crippen molar-refractivity contribution < 1.29 is 4.79 Å². The van der Waals surface area contributed by atoms with Gasteiger partial charge in [0, 0.05) is 69.8 Å². The van der Waals surface area contributed by atoms with E-state index in [4.69, 9.17) is 0 Å². The summed E-state index contributed by atoms with van der Waals surface area (Å²) in [6.07, 6.45) is 4.26. The number of carbonyl (C=O) groups is 1. The molecule has 0 N–H and O–H groups in total. The van der Waals surface area contributed by atoms with Crippen LogP contribution in [0.15, 0.2) is 42.7 Å². The molecule has 1 saturated heterocycles. The fraction of sp³-hybridized carbons (Fsp3) is 0.421. The molecule has 0 bridgehead atoms. The van der Waals surface area contributed by atoms with Gasteiger partial charge in [-0.15, -0.1) is 0 Å². The molecule has 1 fully saturated rings. The molecule has 2 aromatic rings. The van der Waals surface area contributed by atoms with Crippen LogP contribution < -0.4 is 4.90 Å². The van der Waals surface area contributed by atoms with E-state index in [9.17, 15) is 4.79 Å². The quantitative estimate of drug-likeness (QED) is 0.827. The fourth-order valence-electron chi connectivity index (χ4n) is 2.91. The largest absolute Gasteiger partial charge is 0.354 e. The predicted octanol–water partition coefficient (Wildman–Crippen LogP) is 1.54. The van der Waals surface area contributed by atoms with Crippen molar-refractivity contribution in [1.29, 1.82) is 0 Å². The summed E-state index contributed by atoms with van der Waals surface area (Å²) in [5, 5.41) is 0. The number of rotatable bonds is 5. The lowest BCUT2D eigenvalue weighted by molar-refractivity contribution is 0.0796. The van der Waals surface area contributed by atoms with Gasteiger partial charge in [0.25, 0.3) is 5.91 Å². The highest BCUT2D eigenvalue weighted by atomic mass is 16.2. The molecule has 0 aromatic carbocycles. The molecule has 25 heavy (non-hydrogen) atoms. The molecule has 0 unspecified atom stereocenters. The third kappa shape index (κ3) is 4.54. The van der Waals surface area contributed by atoms with Crippen molar-refractivity contribution in [2.75, 3.05) is 51.7 Å². The lowest BCUT2D eigenvalue weighted by atomic mass is 10.2. The Labute approximate surface area is 149 Å². The number of likely N-dealkylation sites (N-methyl/N-ethyl adjacent to an activating group) is 2. The Morgan fingerprint density at radius 1 is 1.12 bits per heavy atom. The minimum absolute atomic E-state index is 0.0220. The van der Waals surface area contributed by atoms with Gasteiger partial charge in [-0.1, -0.05) is 6.07 Å². The van der Waals surface area contributed by atoms with E-state index in [-0.39, 0.29) is 5.91 Å². The fourth-order valence-corrected chi connectivity index (χ4v) is 2.91. The van der Waals surface area contributed by atoms with Crippen molar-refractivity contribution >= 4 is 11.7 Å². The number of hydrogen-bond donors (Lipinski definition) is 0. The SMILES string of the molecule is CN1CCN(c2cc(C(=O)N(C)CCc3ccccn3)ccn2)CC1. The standard InChI is InChI=1S/C19H25N5O/c1-22-11-13-24(14-12-22)18-15-16(6-9-21-18)19(25)23(2)10-7-17-5-3-4-8-20-17/h3-6,8-9,15H,7,10-14H2,1-2H3. The number of hydrogen-bond acceptors (Lipinski definition) is 5. The molecule has 3 rings (SSSR count). The first-order valence-electron chi connectivity index (χ1n) is 8.68. The summed E-state index contributed by atoms with van der Waals surface area (Å²) in [6, 6.07) is 9.55. The zero-order valence-electron chi connectivity index (χ0n) is 14.9. The highest BCUT2D eigenvalue weighted by Crippen LogP contribution is 2.16. The van der Waals surface area contributed by atoms with Crippen LogP contribution in [0.25, 0.3) is 0 Å². The lowest BCUT2D eigenvalue weighted by Gasteiger charge is -2.33. The van der Waals surface area contributed by atoms with Crippen LogP contribution in [0.5, 0.6) is 0 Å². The maximum absolute atomic E-state index is 12.7. The smallest absolute Gasteiger partial charge is 0.253 e. The second-order valence-electron chi connectivity index (χ2n) is 6.49. The molecular weight excluding hydrogens is 314 g/mol. The van der Waals surface area contributed by atoms with Crippen molar-refractivity contribution in [2.24, 2.45) is 0 Å². The molecule has 6 heteroatoms. The molecule has 3 heterocycles. The second kappa shape index (κ2) is 8.07. The number of nitrogens with zero attached hydrogens (tertiary/aromatic N) is 5. The van der Waals surface area contributed by atoms with Crippen molar-refractivity contribution in [2.45, 2.75) is 6.42 Å². The van der Waals surface area contributed by atoms with Crippen molar-refractivity contribution in [3.63, 3.8) is 0 Å². The molecule has 2 aromatic heterocycles. The average molecular weight is 339 g/mol. The average Bonchev–Trinajstić information content (AvgIpc) is 2.67. The minimum Gasteiger partial charge on any atom is -0.354 e. The molecule has 0 spiro atoms. The molecule has 6 nitrogen and oxygen atoms in total. The van der Waals surface area contributed by atoms with E-state index >= 15 is 0 Å². The third-order valence-corrected chi connectivity index (χ3v) is 4.60. The van der Waals surface area contributed by atoms with Gasteiger partial charge in [-0.05, 0) is 31.3 Å². The van der Waals surface area contributed by atoms with Gasteiger partial charge in [0.15, 0.2) is 0 Å².